The molecule has 0 saturated carbocycles. The fourth-order valence-electron chi connectivity index (χ4n) is 2.44. The Morgan fingerprint density at radius 1 is 1.25 bits per heavy atom. The number of halogens is 1. The molecular formula is C16H22ClNS2. The summed E-state index contributed by atoms with van der Waals surface area (Å²) < 4.78 is 1.62. The van der Waals surface area contributed by atoms with Crippen LogP contribution < -0.4 is 5.32 Å². The fourth-order valence-corrected chi connectivity index (χ4v) is 4.74. The van der Waals surface area contributed by atoms with Crippen LogP contribution in [0.1, 0.15) is 31.6 Å². The van der Waals surface area contributed by atoms with Gasteiger partial charge in [-0.3, -0.25) is 0 Å². The van der Waals surface area contributed by atoms with E-state index in [4.69, 9.17) is 11.6 Å². The zero-order valence-corrected chi connectivity index (χ0v) is 14.7. The third-order valence-electron chi connectivity index (χ3n) is 4.06. The Bertz CT molecular complexity index is 552. The van der Waals surface area contributed by atoms with E-state index in [1.807, 2.05) is 17.8 Å². The van der Waals surface area contributed by atoms with Crippen LogP contribution in [0.15, 0.2) is 24.3 Å². The number of nitrogens with one attached hydrogen (secondary N) is 1. The minimum Gasteiger partial charge on any atom is -0.310 e. The first-order valence-corrected chi connectivity index (χ1v) is 9.49. The Morgan fingerprint density at radius 3 is 2.55 bits per heavy atom. The van der Waals surface area contributed by atoms with E-state index < -0.39 is 0 Å². The van der Waals surface area contributed by atoms with E-state index in [1.54, 1.807) is 11.3 Å². The van der Waals surface area contributed by atoms with E-state index >= 15 is 0 Å². The van der Waals surface area contributed by atoms with Crippen LogP contribution >= 0.6 is 34.7 Å². The van der Waals surface area contributed by atoms with E-state index in [-0.39, 0.29) is 0 Å². The predicted molar refractivity (Wildman–Crippen MR) is 95.4 cm³/mol. The van der Waals surface area contributed by atoms with Gasteiger partial charge in [0.2, 0.25) is 0 Å². The molecule has 1 nitrogen and oxygen atoms in total. The summed E-state index contributed by atoms with van der Waals surface area (Å²) in [5.41, 5.74) is 0. The molecule has 1 aromatic heterocycles. The maximum Gasteiger partial charge on any atom is 0.0636 e. The summed E-state index contributed by atoms with van der Waals surface area (Å²) in [7, 11) is 0. The van der Waals surface area contributed by atoms with E-state index in [9.17, 15) is 0 Å². The van der Waals surface area contributed by atoms with Crippen molar-refractivity contribution >= 4 is 44.8 Å². The maximum atomic E-state index is 6.47. The molecule has 1 aromatic carbocycles. The van der Waals surface area contributed by atoms with Crippen LogP contribution in [0, 0.1) is 0 Å². The number of thiophene rings is 1. The monoisotopic (exact) mass is 327 g/mol. The molecular weight excluding hydrogens is 306 g/mol. The van der Waals surface area contributed by atoms with Crippen LogP contribution in [0.3, 0.4) is 0 Å². The molecule has 0 aliphatic carbocycles. The Kier molecular flexibility index (Phi) is 5.79. The minimum absolute atomic E-state index is 0.350. The Balaban J connectivity index is 2.04. The van der Waals surface area contributed by atoms with Crippen molar-refractivity contribution < 1.29 is 0 Å². The van der Waals surface area contributed by atoms with Gasteiger partial charge in [0, 0.05) is 32.8 Å². The lowest BCUT2D eigenvalue weighted by atomic mass is 10.0. The van der Waals surface area contributed by atoms with Gasteiger partial charge in [0.25, 0.3) is 0 Å². The second kappa shape index (κ2) is 7.17. The SMILES string of the molecule is CCC(CC)(CNCc1sc2ccccc2c1Cl)SC. The van der Waals surface area contributed by atoms with E-state index in [0.29, 0.717) is 4.75 Å². The van der Waals surface area contributed by atoms with E-state index in [2.05, 4.69) is 43.6 Å². The normalized spacial score (nSPS) is 12.2. The summed E-state index contributed by atoms with van der Waals surface area (Å²) in [5.74, 6) is 0. The summed E-state index contributed by atoms with van der Waals surface area (Å²) in [6.07, 6.45) is 4.59. The van der Waals surface area contributed by atoms with Crippen LogP contribution in [0.25, 0.3) is 10.1 Å². The fraction of sp³-hybridized carbons (Fsp3) is 0.500. The highest BCUT2D eigenvalue weighted by Gasteiger charge is 2.24. The molecule has 2 aromatic rings. The number of hydrogen-bond donors (Lipinski definition) is 1. The van der Waals surface area contributed by atoms with Gasteiger partial charge in [-0.15, -0.1) is 11.3 Å². The van der Waals surface area contributed by atoms with Crippen molar-refractivity contribution in [2.24, 2.45) is 0 Å². The molecule has 0 aliphatic rings. The molecule has 4 heteroatoms. The Labute approximate surface area is 135 Å². The molecule has 1 N–H and O–H groups in total. The van der Waals surface area contributed by atoms with Gasteiger partial charge < -0.3 is 5.32 Å². The second-order valence-electron chi connectivity index (χ2n) is 5.03. The molecule has 1 heterocycles. The van der Waals surface area contributed by atoms with Crippen molar-refractivity contribution in [3.8, 4) is 0 Å². The van der Waals surface area contributed by atoms with Gasteiger partial charge in [0.15, 0.2) is 0 Å². The second-order valence-corrected chi connectivity index (χ2v) is 7.82. The Hall–Kier alpha value is -0.220. The van der Waals surface area contributed by atoms with Crippen molar-refractivity contribution in [1.29, 1.82) is 0 Å². The molecule has 0 amide bonds. The van der Waals surface area contributed by atoms with E-state index in [0.717, 1.165) is 18.1 Å². The lowest BCUT2D eigenvalue weighted by Crippen LogP contribution is -2.36. The highest BCUT2D eigenvalue weighted by molar-refractivity contribution is 8.00. The molecule has 110 valence electrons. The number of benzene rings is 1. The standard InChI is InChI=1S/C16H22ClNS2/c1-4-16(5-2,19-3)11-18-10-14-15(17)12-8-6-7-9-13(12)20-14/h6-9,18H,4-5,10-11H2,1-3H3. The van der Waals surface area contributed by atoms with Crippen LogP contribution in [-0.2, 0) is 6.54 Å². The van der Waals surface area contributed by atoms with Crippen molar-refractivity contribution in [1.82, 2.24) is 5.32 Å². The van der Waals surface area contributed by atoms with Gasteiger partial charge in [-0.05, 0) is 25.2 Å². The van der Waals surface area contributed by atoms with Crippen molar-refractivity contribution in [2.45, 2.75) is 38.0 Å². The first kappa shape index (κ1) is 16.2. The van der Waals surface area contributed by atoms with Gasteiger partial charge in [-0.2, -0.15) is 11.8 Å². The molecule has 0 unspecified atom stereocenters. The van der Waals surface area contributed by atoms with E-state index in [1.165, 1.54) is 27.8 Å². The average Bonchev–Trinajstić information content (AvgIpc) is 2.81. The van der Waals surface area contributed by atoms with Gasteiger partial charge >= 0.3 is 0 Å². The molecule has 0 atom stereocenters. The molecule has 0 radical (unpaired) electrons. The lowest BCUT2D eigenvalue weighted by Gasteiger charge is -2.29. The topological polar surface area (TPSA) is 12.0 Å². The summed E-state index contributed by atoms with van der Waals surface area (Å²) in [5, 5.41) is 5.70. The quantitative estimate of drug-likeness (QED) is 0.713. The summed E-state index contributed by atoms with van der Waals surface area (Å²) >= 11 is 10.2. The minimum atomic E-state index is 0.350. The van der Waals surface area contributed by atoms with Crippen molar-refractivity contribution in [2.75, 3.05) is 12.8 Å². The largest absolute Gasteiger partial charge is 0.310 e. The molecule has 0 saturated heterocycles. The van der Waals surface area contributed by atoms with Crippen LogP contribution in [0.5, 0.6) is 0 Å². The molecule has 0 spiro atoms. The highest BCUT2D eigenvalue weighted by Crippen LogP contribution is 2.35. The van der Waals surface area contributed by atoms with Gasteiger partial charge in [0.1, 0.15) is 0 Å². The lowest BCUT2D eigenvalue weighted by molar-refractivity contribution is 0.496. The molecule has 0 bridgehead atoms. The summed E-state index contributed by atoms with van der Waals surface area (Å²) in [6.45, 7) is 6.44. The third kappa shape index (κ3) is 3.33. The molecule has 20 heavy (non-hydrogen) atoms. The first-order valence-electron chi connectivity index (χ1n) is 7.07. The average molecular weight is 328 g/mol. The molecule has 2 rings (SSSR count). The van der Waals surface area contributed by atoms with Gasteiger partial charge in [-0.1, -0.05) is 43.6 Å². The van der Waals surface area contributed by atoms with Crippen LogP contribution in [0.2, 0.25) is 5.02 Å². The zero-order valence-electron chi connectivity index (χ0n) is 12.3. The Morgan fingerprint density at radius 2 is 1.95 bits per heavy atom. The summed E-state index contributed by atoms with van der Waals surface area (Å²) in [6, 6.07) is 8.35. The van der Waals surface area contributed by atoms with Crippen molar-refractivity contribution in [3.63, 3.8) is 0 Å². The smallest absolute Gasteiger partial charge is 0.0636 e. The number of fused-ring (bicyclic) bond motifs is 1. The third-order valence-corrected chi connectivity index (χ3v) is 7.36. The summed E-state index contributed by atoms with van der Waals surface area (Å²) in [4.78, 5) is 1.25. The predicted octanol–water partition coefficient (Wildman–Crippen LogP) is 5.57. The van der Waals surface area contributed by atoms with Gasteiger partial charge in [0.05, 0.1) is 5.02 Å². The first-order chi connectivity index (χ1) is 9.65. The maximum absolute atomic E-state index is 6.47. The van der Waals surface area contributed by atoms with Crippen LogP contribution in [0.4, 0.5) is 0 Å². The van der Waals surface area contributed by atoms with Gasteiger partial charge in [-0.25, -0.2) is 0 Å². The highest BCUT2D eigenvalue weighted by atomic mass is 35.5. The van der Waals surface area contributed by atoms with Crippen molar-refractivity contribution in [3.05, 3.63) is 34.2 Å². The number of rotatable bonds is 7. The zero-order chi connectivity index (χ0) is 14.6. The number of thioether (sulfide) groups is 1. The van der Waals surface area contributed by atoms with Crippen LogP contribution in [-0.4, -0.2) is 17.5 Å². The molecule has 0 aliphatic heterocycles. The molecule has 0 fully saturated rings. The number of hydrogen-bond acceptors (Lipinski definition) is 3.